The molecule has 0 spiro atoms. The fraction of sp³-hybridized carbons (Fsp3) is 0.235. The normalized spacial score (nSPS) is 11.6. The number of nitriles is 1. The Morgan fingerprint density at radius 1 is 1.14 bits per heavy atom. The average molecular weight is 300 g/mol. The first-order valence-electron chi connectivity index (χ1n) is 6.74. The van der Waals surface area contributed by atoms with Crippen molar-refractivity contribution < 1.29 is 0 Å². The Hall–Kier alpha value is -2.18. The van der Waals surface area contributed by atoms with E-state index < -0.39 is 0 Å². The second kappa shape index (κ2) is 6.51. The fourth-order valence-corrected chi connectivity index (χ4v) is 2.49. The molecule has 0 bridgehead atoms. The number of nitrogens with zero attached hydrogens (tertiary/aromatic N) is 2. The molecule has 0 aliphatic rings. The maximum absolute atomic E-state index is 8.82. The van der Waals surface area contributed by atoms with Gasteiger partial charge in [-0.15, -0.1) is 0 Å². The lowest BCUT2D eigenvalue weighted by atomic mass is 10.1. The van der Waals surface area contributed by atoms with Crippen LogP contribution in [0.3, 0.4) is 0 Å². The van der Waals surface area contributed by atoms with Crippen molar-refractivity contribution >= 4 is 23.0 Å². The number of benzene rings is 2. The van der Waals surface area contributed by atoms with Crippen LogP contribution in [0.25, 0.3) is 0 Å². The summed E-state index contributed by atoms with van der Waals surface area (Å²) in [6, 6.07) is 15.8. The van der Waals surface area contributed by atoms with Crippen molar-refractivity contribution in [2.75, 3.05) is 24.3 Å². The van der Waals surface area contributed by atoms with Gasteiger partial charge in [0.05, 0.1) is 22.3 Å². The molecule has 0 radical (unpaired) electrons. The smallest absolute Gasteiger partial charge is 0.0991 e. The van der Waals surface area contributed by atoms with E-state index in [-0.39, 0.29) is 6.04 Å². The molecule has 0 heterocycles. The molecule has 2 aromatic rings. The van der Waals surface area contributed by atoms with Crippen LogP contribution in [0.5, 0.6) is 0 Å². The van der Waals surface area contributed by atoms with Crippen LogP contribution in [-0.2, 0) is 0 Å². The molecule has 4 heteroatoms. The molecule has 0 aliphatic carbocycles. The number of hydrogen-bond acceptors (Lipinski definition) is 3. The van der Waals surface area contributed by atoms with Gasteiger partial charge in [0.15, 0.2) is 0 Å². The molecule has 21 heavy (non-hydrogen) atoms. The van der Waals surface area contributed by atoms with E-state index in [2.05, 4.69) is 18.3 Å². The average Bonchev–Trinajstić information content (AvgIpc) is 2.47. The van der Waals surface area contributed by atoms with E-state index in [1.165, 1.54) is 0 Å². The van der Waals surface area contributed by atoms with Crippen molar-refractivity contribution in [3.63, 3.8) is 0 Å². The van der Waals surface area contributed by atoms with Gasteiger partial charge in [0, 0.05) is 25.8 Å². The second-order valence-electron chi connectivity index (χ2n) is 5.16. The van der Waals surface area contributed by atoms with E-state index in [9.17, 15) is 0 Å². The number of rotatable bonds is 4. The van der Waals surface area contributed by atoms with Crippen molar-refractivity contribution in [1.29, 1.82) is 5.26 Å². The molecular formula is C17H18ClN3. The topological polar surface area (TPSA) is 39.1 Å². The van der Waals surface area contributed by atoms with Gasteiger partial charge in [0.2, 0.25) is 0 Å². The van der Waals surface area contributed by atoms with Gasteiger partial charge in [0.25, 0.3) is 0 Å². The fourth-order valence-electron chi connectivity index (χ4n) is 2.14. The molecule has 108 valence electrons. The van der Waals surface area contributed by atoms with Crippen LogP contribution in [0, 0.1) is 11.3 Å². The van der Waals surface area contributed by atoms with E-state index in [1.54, 1.807) is 0 Å². The van der Waals surface area contributed by atoms with Crippen molar-refractivity contribution in [2.24, 2.45) is 0 Å². The molecular weight excluding hydrogens is 282 g/mol. The molecule has 0 fully saturated rings. The van der Waals surface area contributed by atoms with Crippen LogP contribution in [0.15, 0.2) is 42.5 Å². The molecule has 1 N–H and O–H groups in total. The molecule has 2 aromatic carbocycles. The Morgan fingerprint density at radius 3 is 2.33 bits per heavy atom. The quantitative estimate of drug-likeness (QED) is 0.906. The number of halogens is 1. The first kappa shape index (κ1) is 15.2. The molecule has 2 rings (SSSR count). The Labute approximate surface area is 130 Å². The lowest BCUT2D eigenvalue weighted by Gasteiger charge is -2.19. The van der Waals surface area contributed by atoms with Gasteiger partial charge in [-0.3, -0.25) is 0 Å². The Balaban J connectivity index is 2.13. The number of hydrogen-bond donors (Lipinski definition) is 1. The molecule has 1 unspecified atom stereocenters. The minimum absolute atomic E-state index is 0.138. The third kappa shape index (κ3) is 3.68. The van der Waals surface area contributed by atoms with Crippen molar-refractivity contribution in [3.8, 4) is 6.07 Å². The lowest BCUT2D eigenvalue weighted by Crippen LogP contribution is -2.10. The summed E-state index contributed by atoms with van der Waals surface area (Å²) in [5.74, 6) is 0. The Kier molecular flexibility index (Phi) is 4.72. The second-order valence-corrected chi connectivity index (χ2v) is 5.57. The summed E-state index contributed by atoms with van der Waals surface area (Å²) in [5.41, 5.74) is 3.77. The minimum atomic E-state index is 0.138. The molecule has 0 saturated heterocycles. The SMILES string of the molecule is CC(Nc1ccc(N(C)C)c(Cl)c1)c1ccc(C#N)cc1. The zero-order valence-electron chi connectivity index (χ0n) is 12.4. The predicted molar refractivity (Wildman–Crippen MR) is 89.0 cm³/mol. The lowest BCUT2D eigenvalue weighted by molar-refractivity contribution is 0.884. The summed E-state index contributed by atoms with van der Waals surface area (Å²) in [4.78, 5) is 1.98. The van der Waals surface area contributed by atoms with E-state index in [0.717, 1.165) is 22.0 Å². The third-order valence-corrected chi connectivity index (χ3v) is 3.66. The van der Waals surface area contributed by atoms with Crippen LogP contribution in [0.1, 0.15) is 24.1 Å². The first-order chi connectivity index (χ1) is 10.0. The summed E-state index contributed by atoms with van der Waals surface area (Å²) < 4.78 is 0. The Bertz CT molecular complexity index is 657. The zero-order valence-corrected chi connectivity index (χ0v) is 13.1. The van der Waals surface area contributed by atoms with Gasteiger partial charge in [-0.1, -0.05) is 23.7 Å². The standard InChI is InChI=1S/C17H18ClN3/c1-12(14-6-4-13(11-19)5-7-14)20-15-8-9-17(21(2)3)16(18)10-15/h4-10,12,20H,1-3H3. The van der Waals surface area contributed by atoms with E-state index in [1.807, 2.05) is 61.5 Å². The van der Waals surface area contributed by atoms with Gasteiger partial charge in [-0.2, -0.15) is 5.26 Å². The van der Waals surface area contributed by atoms with E-state index in [0.29, 0.717) is 5.56 Å². The summed E-state index contributed by atoms with van der Waals surface area (Å²) >= 11 is 6.28. The monoisotopic (exact) mass is 299 g/mol. The maximum atomic E-state index is 8.82. The van der Waals surface area contributed by atoms with E-state index >= 15 is 0 Å². The molecule has 1 atom stereocenters. The summed E-state index contributed by atoms with van der Waals surface area (Å²) in [7, 11) is 3.93. The zero-order chi connectivity index (χ0) is 15.4. The largest absolute Gasteiger partial charge is 0.378 e. The van der Waals surface area contributed by atoms with Crippen molar-refractivity contribution in [1.82, 2.24) is 0 Å². The number of nitrogens with one attached hydrogen (secondary N) is 1. The van der Waals surface area contributed by atoms with Crippen molar-refractivity contribution in [2.45, 2.75) is 13.0 Å². The summed E-state index contributed by atoms with van der Waals surface area (Å²) in [5, 5.41) is 13.0. The van der Waals surface area contributed by atoms with Gasteiger partial charge < -0.3 is 10.2 Å². The third-order valence-electron chi connectivity index (χ3n) is 3.35. The van der Waals surface area contributed by atoms with Crippen LogP contribution < -0.4 is 10.2 Å². The predicted octanol–water partition coefficient (Wildman–Crippen LogP) is 4.45. The highest BCUT2D eigenvalue weighted by Crippen LogP contribution is 2.29. The number of anilines is 2. The summed E-state index contributed by atoms with van der Waals surface area (Å²) in [6.45, 7) is 2.08. The molecule has 0 amide bonds. The highest BCUT2D eigenvalue weighted by atomic mass is 35.5. The van der Waals surface area contributed by atoms with Crippen LogP contribution in [0.4, 0.5) is 11.4 Å². The van der Waals surface area contributed by atoms with Crippen LogP contribution >= 0.6 is 11.6 Å². The maximum Gasteiger partial charge on any atom is 0.0991 e. The Morgan fingerprint density at radius 2 is 1.81 bits per heavy atom. The molecule has 0 aliphatic heterocycles. The van der Waals surface area contributed by atoms with Crippen molar-refractivity contribution in [3.05, 3.63) is 58.6 Å². The highest BCUT2D eigenvalue weighted by molar-refractivity contribution is 6.33. The minimum Gasteiger partial charge on any atom is -0.378 e. The van der Waals surface area contributed by atoms with Gasteiger partial charge in [-0.25, -0.2) is 0 Å². The molecule has 0 aromatic heterocycles. The summed E-state index contributed by atoms with van der Waals surface area (Å²) in [6.07, 6.45) is 0. The molecule has 3 nitrogen and oxygen atoms in total. The van der Waals surface area contributed by atoms with Gasteiger partial charge >= 0.3 is 0 Å². The van der Waals surface area contributed by atoms with Gasteiger partial charge in [0.1, 0.15) is 0 Å². The first-order valence-corrected chi connectivity index (χ1v) is 7.12. The molecule has 0 saturated carbocycles. The van der Waals surface area contributed by atoms with Crippen LogP contribution in [-0.4, -0.2) is 14.1 Å². The van der Waals surface area contributed by atoms with Gasteiger partial charge in [-0.05, 0) is 42.8 Å². The highest BCUT2D eigenvalue weighted by Gasteiger charge is 2.08. The van der Waals surface area contributed by atoms with Crippen LogP contribution in [0.2, 0.25) is 5.02 Å². The van der Waals surface area contributed by atoms with E-state index in [4.69, 9.17) is 16.9 Å².